The molecule has 0 spiro atoms. The number of ether oxygens (including phenoxy) is 1. The Balaban J connectivity index is 0.00000341. The number of nitrogens with one attached hydrogen (secondary N) is 2. The number of morpholine rings is 1. The lowest BCUT2D eigenvalue weighted by Gasteiger charge is -2.32. The zero-order valence-electron chi connectivity index (χ0n) is 18.7. The predicted octanol–water partition coefficient (Wildman–Crippen LogP) is 1.62. The van der Waals surface area contributed by atoms with Gasteiger partial charge in [-0.05, 0) is 32.4 Å². The van der Waals surface area contributed by atoms with E-state index >= 15 is 0 Å². The molecule has 31 heavy (non-hydrogen) atoms. The summed E-state index contributed by atoms with van der Waals surface area (Å²) in [6, 6.07) is 4.10. The van der Waals surface area contributed by atoms with E-state index in [0.29, 0.717) is 19.0 Å². The van der Waals surface area contributed by atoms with Gasteiger partial charge in [0.1, 0.15) is 11.4 Å². The number of halogens is 1. The topological polar surface area (TPSA) is 99.8 Å². The SMILES string of the molecule is CCNC(=NCc1ccc(N2CCOC(C)C2)nc1)NCC(C)(O)c1cnn(C)c1.I. The molecule has 172 valence electrons. The lowest BCUT2D eigenvalue weighted by atomic mass is 10.00. The van der Waals surface area contributed by atoms with Crippen LogP contribution in [0.3, 0.4) is 0 Å². The van der Waals surface area contributed by atoms with Crippen LogP contribution in [0, 0.1) is 0 Å². The Morgan fingerprint density at radius 1 is 1.35 bits per heavy atom. The molecule has 2 aromatic rings. The lowest BCUT2D eigenvalue weighted by molar-refractivity contribution is 0.0529. The zero-order chi connectivity index (χ0) is 21.6. The minimum absolute atomic E-state index is 0. The maximum absolute atomic E-state index is 10.8. The fourth-order valence-corrected chi connectivity index (χ4v) is 3.29. The minimum Gasteiger partial charge on any atom is -0.383 e. The van der Waals surface area contributed by atoms with E-state index in [9.17, 15) is 5.11 Å². The molecule has 0 amide bonds. The van der Waals surface area contributed by atoms with Crippen molar-refractivity contribution < 1.29 is 9.84 Å². The van der Waals surface area contributed by atoms with Crippen LogP contribution in [0.1, 0.15) is 31.9 Å². The van der Waals surface area contributed by atoms with Crippen LogP contribution < -0.4 is 15.5 Å². The molecular weight excluding hydrogens is 509 g/mol. The number of aliphatic imine (C=N–C) groups is 1. The van der Waals surface area contributed by atoms with Gasteiger partial charge in [0.05, 0.1) is 32.0 Å². The molecule has 0 aromatic carbocycles. The van der Waals surface area contributed by atoms with Gasteiger partial charge in [0.15, 0.2) is 5.96 Å². The third kappa shape index (κ3) is 7.32. The molecule has 2 atom stereocenters. The van der Waals surface area contributed by atoms with E-state index in [0.717, 1.165) is 43.2 Å². The van der Waals surface area contributed by atoms with Crippen molar-refractivity contribution in [2.75, 3.05) is 37.7 Å². The second kappa shape index (κ2) is 11.6. The molecule has 0 aliphatic carbocycles. The van der Waals surface area contributed by atoms with Crippen LogP contribution >= 0.6 is 24.0 Å². The van der Waals surface area contributed by atoms with E-state index in [2.05, 4.69) is 43.6 Å². The highest BCUT2D eigenvalue weighted by atomic mass is 127. The monoisotopic (exact) mass is 543 g/mol. The fraction of sp³-hybridized carbons (Fsp3) is 0.571. The lowest BCUT2D eigenvalue weighted by Crippen LogP contribution is -2.44. The molecular formula is C21H34IN7O2. The number of aryl methyl sites for hydroxylation is 1. The number of rotatable bonds is 7. The number of nitrogens with zero attached hydrogens (tertiary/aromatic N) is 5. The average molecular weight is 543 g/mol. The molecule has 2 aromatic heterocycles. The number of guanidine groups is 1. The van der Waals surface area contributed by atoms with E-state index in [1.54, 1.807) is 17.8 Å². The molecule has 1 saturated heterocycles. The molecule has 10 heteroatoms. The third-order valence-electron chi connectivity index (χ3n) is 5.06. The first-order valence-electron chi connectivity index (χ1n) is 10.4. The summed E-state index contributed by atoms with van der Waals surface area (Å²) in [7, 11) is 1.83. The van der Waals surface area contributed by atoms with E-state index < -0.39 is 5.60 Å². The summed E-state index contributed by atoms with van der Waals surface area (Å²) in [5.74, 6) is 1.61. The number of anilines is 1. The molecule has 2 unspecified atom stereocenters. The van der Waals surface area contributed by atoms with Gasteiger partial charge in [0.2, 0.25) is 0 Å². The van der Waals surface area contributed by atoms with Crippen LogP contribution in [0.5, 0.6) is 0 Å². The summed E-state index contributed by atoms with van der Waals surface area (Å²) in [5.41, 5.74) is 0.727. The molecule has 0 saturated carbocycles. The third-order valence-corrected chi connectivity index (χ3v) is 5.06. The number of aliphatic hydroxyl groups is 1. The highest BCUT2D eigenvalue weighted by Gasteiger charge is 2.25. The Hall–Kier alpha value is -1.92. The van der Waals surface area contributed by atoms with Crippen LogP contribution in [0.25, 0.3) is 0 Å². The normalized spacial score (nSPS) is 18.8. The summed E-state index contributed by atoms with van der Waals surface area (Å²) in [5, 5.41) is 21.3. The Kier molecular flexibility index (Phi) is 9.51. The Bertz CT molecular complexity index is 839. The number of pyridine rings is 1. The number of hydrogen-bond donors (Lipinski definition) is 3. The average Bonchev–Trinajstić information content (AvgIpc) is 3.18. The first-order valence-corrected chi connectivity index (χ1v) is 10.4. The van der Waals surface area contributed by atoms with Crippen LogP contribution in [0.2, 0.25) is 0 Å². The first kappa shape index (κ1) is 25.3. The maximum atomic E-state index is 10.8. The van der Waals surface area contributed by atoms with Crippen LogP contribution in [0.15, 0.2) is 35.7 Å². The van der Waals surface area contributed by atoms with Gasteiger partial charge in [-0.2, -0.15) is 5.10 Å². The van der Waals surface area contributed by atoms with Crippen molar-refractivity contribution in [3.05, 3.63) is 41.9 Å². The standard InChI is InChI=1S/C21H33N7O2.HI/c1-5-22-20(25-15-21(3,29)18-12-26-27(4)14-18)24-11-17-6-7-19(23-10-17)28-8-9-30-16(2)13-28;/h6-7,10,12,14,16,29H,5,8-9,11,13,15H2,1-4H3,(H2,22,24,25);1H. The summed E-state index contributed by atoms with van der Waals surface area (Å²) in [6.45, 7) is 9.84. The van der Waals surface area contributed by atoms with Gasteiger partial charge >= 0.3 is 0 Å². The van der Waals surface area contributed by atoms with Crippen molar-refractivity contribution in [1.29, 1.82) is 0 Å². The van der Waals surface area contributed by atoms with E-state index in [4.69, 9.17) is 4.74 Å². The first-order chi connectivity index (χ1) is 14.4. The fourth-order valence-electron chi connectivity index (χ4n) is 3.29. The Morgan fingerprint density at radius 2 is 2.16 bits per heavy atom. The summed E-state index contributed by atoms with van der Waals surface area (Å²) < 4.78 is 7.27. The second-order valence-corrected chi connectivity index (χ2v) is 7.88. The van der Waals surface area contributed by atoms with Gasteiger partial charge < -0.3 is 25.4 Å². The second-order valence-electron chi connectivity index (χ2n) is 7.88. The zero-order valence-corrected chi connectivity index (χ0v) is 21.0. The number of aromatic nitrogens is 3. The van der Waals surface area contributed by atoms with Crippen molar-refractivity contribution in [3.63, 3.8) is 0 Å². The molecule has 9 nitrogen and oxygen atoms in total. The van der Waals surface area contributed by atoms with Gasteiger partial charge in [-0.15, -0.1) is 24.0 Å². The summed E-state index contributed by atoms with van der Waals surface area (Å²) >= 11 is 0. The summed E-state index contributed by atoms with van der Waals surface area (Å²) in [4.78, 5) is 11.5. The molecule has 3 rings (SSSR count). The van der Waals surface area contributed by atoms with Crippen LogP contribution in [-0.4, -0.2) is 64.7 Å². The van der Waals surface area contributed by atoms with Crippen LogP contribution in [0.4, 0.5) is 5.82 Å². The van der Waals surface area contributed by atoms with Crippen molar-refractivity contribution in [3.8, 4) is 0 Å². The van der Waals surface area contributed by atoms with Crippen molar-refractivity contribution in [2.24, 2.45) is 12.0 Å². The van der Waals surface area contributed by atoms with Gasteiger partial charge in [-0.25, -0.2) is 9.98 Å². The largest absolute Gasteiger partial charge is 0.383 e. The van der Waals surface area contributed by atoms with Crippen molar-refractivity contribution in [1.82, 2.24) is 25.4 Å². The highest BCUT2D eigenvalue weighted by molar-refractivity contribution is 14.0. The van der Waals surface area contributed by atoms with Crippen molar-refractivity contribution in [2.45, 2.75) is 39.0 Å². The van der Waals surface area contributed by atoms with Crippen LogP contribution in [-0.2, 0) is 23.9 Å². The van der Waals surface area contributed by atoms with Gasteiger partial charge in [0.25, 0.3) is 0 Å². The molecule has 3 heterocycles. The quantitative estimate of drug-likeness (QED) is 0.277. The summed E-state index contributed by atoms with van der Waals surface area (Å²) in [6.07, 6.45) is 5.58. The highest BCUT2D eigenvalue weighted by Crippen LogP contribution is 2.18. The number of hydrogen-bond acceptors (Lipinski definition) is 6. The molecule has 0 bridgehead atoms. The van der Waals surface area contributed by atoms with Gasteiger partial charge in [-0.3, -0.25) is 4.68 Å². The smallest absolute Gasteiger partial charge is 0.191 e. The molecule has 1 fully saturated rings. The van der Waals surface area contributed by atoms with Crippen molar-refractivity contribution >= 4 is 35.8 Å². The molecule has 0 radical (unpaired) electrons. The molecule has 1 aliphatic heterocycles. The molecule has 1 aliphatic rings. The maximum Gasteiger partial charge on any atom is 0.191 e. The van der Waals surface area contributed by atoms with E-state index in [-0.39, 0.29) is 30.1 Å². The van der Waals surface area contributed by atoms with Gasteiger partial charge in [0, 0.05) is 44.6 Å². The molecule has 3 N–H and O–H groups in total. The Labute approximate surface area is 201 Å². The Morgan fingerprint density at radius 3 is 2.77 bits per heavy atom. The minimum atomic E-state index is -1.05. The van der Waals surface area contributed by atoms with Gasteiger partial charge in [-0.1, -0.05) is 6.07 Å². The van der Waals surface area contributed by atoms with E-state index in [1.807, 2.05) is 32.4 Å². The predicted molar refractivity (Wildman–Crippen MR) is 133 cm³/mol. The van der Waals surface area contributed by atoms with E-state index in [1.165, 1.54) is 0 Å².